The van der Waals surface area contributed by atoms with E-state index in [4.69, 9.17) is 5.73 Å². The minimum atomic E-state index is 0.348. The van der Waals surface area contributed by atoms with Gasteiger partial charge in [-0.25, -0.2) is 19.9 Å². The molecule has 6 heteroatoms. The second-order valence-corrected chi connectivity index (χ2v) is 7.02. The summed E-state index contributed by atoms with van der Waals surface area (Å²) >= 11 is 0. The number of rotatable bonds is 3. The SMILES string of the molecule is Cc1nccc(C2CCN(c3cc(C4CC(N)C4)ncn3)CC2)n1. The predicted molar refractivity (Wildman–Crippen MR) is 92.9 cm³/mol. The molecule has 0 bridgehead atoms. The first-order chi connectivity index (χ1) is 11.7. The molecule has 0 atom stereocenters. The van der Waals surface area contributed by atoms with Crippen molar-refractivity contribution in [3.63, 3.8) is 0 Å². The molecule has 0 radical (unpaired) electrons. The highest BCUT2D eigenvalue weighted by Crippen LogP contribution is 2.36. The lowest BCUT2D eigenvalue weighted by Gasteiger charge is -2.34. The van der Waals surface area contributed by atoms with Crippen LogP contribution in [0.3, 0.4) is 0 Å². The molecule has 2 aliphatic rings. The maximum absolute atomic E-state index is 5.90. The molecule has 1 aliphatic carbocycles. The minimum absolute atomic E-state index is 0.348. The molecule has 0 unspecified atom stereocenters. The summed E-state index contributed by atoms with van der Waals surface area (Å²) in [5, 5.41) is 0. The highest BCUT2D eigenvalue weighted by atomic mass is 15.2. The van der Waals surface area contributed by atoms with Crippen molar-refractivity contribution in [1.29, 1.82) is 0 Å². The molecule has 3 heterocycles. The molecule has 2 aromatic rings. The summed E-state index contributed by atoms with van der Waals surface area (Å²) in [6, 6.07) is 4.56. The molecule has 24 heavy (non-hydrogen) atoms. The molecular weight excluding hydrogens is 300 g/mol. The number of hydrogen-bond donors (Lipinski definition) is 1. The maximum atomic E-state index is 5.90. The topological polar surface area (TPSA) is 80.8 Å². The van der Waals surface area contributed by atoms with Crippen LogP contribution in [0.5, 0.6) is 0 Å². The van der Waals surface area contributed by atoms with Crippen molar-refractivity contribution in [2.45, 2.75) is 50.5 Å². The minimum Gasteiger partial charge on any atom is -0.356 e. The first-order valence-electron chi connectivity index (χ1n) is 8.81. The highest BCUT2D eigenvalue weighted by Gasteiger charge is 2.29. The maximum Gasteiger partial charge on any atom is 0.132 e. The van der Waals surface area contributed by atoms with Crippen LogP contribution in [0.4, 0.5) is 5.82 Å². The van der Waals surface area contributed by atoms with E-state index in [9.17, 15) is 0 Å². The van der Waals surface area contributed by atoms with Gasteiger partial charge in [-0.2, -0.15) is 0 Å². The summed E-state index contributed by atoms with van der Waals surface area (Å²) in [4.78, 5) is 20.1. The van der Waals surface area contributed by atoms with Gasteiger partial charge in [0.05, 0.1) is 0 Å². The van der Waals surface area contributed by atoms with Crippen LogP contribution in [0.1, 0.15) is 54.7 Å². The van der Waals surface area contributed by atoms with Gasteiger partial charge in [-0.3, -0.25) is 0 Å². The Morgan fingerprint density at radius 3 is 2.54 bits per heavy atom. The van der Waals surface area contributed by atoms with Crippen molar-refractivity contribution in [2.24, 2.45) is 5.73 Å². The Morgan fingerprint density at radius 1 is 1.04 bits per heavy atom. The van der Waals surface area contributed by atoms with Crippen molar-refractivity contribution in [2.75, 3.05) is 18.0 Å². The molecule has 1 saturated carbocycles. The van der Waals surface area contributed by atoms with E-state index in [-0.39, 0.29) is 0 Å². The summed E-state index contributed by atoms with van der Waals surface area (Å²) in [5.74, 6) is 2.95. The lowest BCUT2D eigenvalue weighted by Crippen LogP contribution is -2.36. The third-order valence-electron chi connectivity index (χ3n) is 5.30. The highest BCUT2D eigenvalue weighted by molar-refractivity contribution is 5.41. The number of aryl methyl sites for hydroxylation is 1. The van der Waals surface area contributed by atoms with Gasteiger partial charge in [0.25, 0.3) is 0 Å². The van der Waals surface area contributed by atoms with Crippen LogP contribution < -0.4 is 10.6 Å². The first-order valence-corrected chi connectivity index (χ1v) is 8.81. The van der Waals surface area contributed by atoms with Crippen LogP contribution in [-0.4, -0.2) is 39.1 Å². The number of hydrogen-bond acceptors (Lipinski definition) is 6. The van der Waals surface area contributed by atoms with Gasteiger partial charge in [-0.15, -0.1) is 0 Å². The van der Waals surface area contributed by atoms with E-state index in [1.165, 1.54) is 5.69 Å². The molecule has 126 valence electrons. The van der Waals surface area contributed by atoms with Crippen LogP contribution >= 0.6 is 0 Å². The third kappa shape index (κ3) is 3.11. The number of anilines is 1. The Kier molecular flexibility index (Phi) is 4.14. The number of nitrogens with two attached hydrogens (primary N) is 1. The van der Waals surface area contributed by atoms with Gasteiger partial charge in [0.1, 0.15) is 18.0 Å². The molecule has 4 rings (SSSR count). The Balaban J connectivity index is 1.41. The fourth-order valence-corrected chi connectivity index (χ4v) is 3.77. The summed E-state index contributed by atoms with van der Waals surface area (Å²) in [6.45, 7) is 3.97. The quantitative estimate of drug-likeness (QED) is 0.932. The van der Waals surface area contributed by atoms with Crippen LogP contribution in [-0.2, 0) is 0 Å². The smallest absolute Gasteiger partial charge is 0.132 e. The van der Waals surface area contributed by atoms with E-state index in [0.717, 1.165) is 56.1 Å². The van der Waals surface area contributed by atoms with Crippen molar-refractivity contribution in [3.05, 3.63) is 41.9 Å². The Bertz CT molecular complexity index is 704. The van der Waals surface area contributed by atoms with Gasteiger partial charge in [-0.1, -0.05) is 0 Å². The van der Waals surface area contributed by atoms with Crippen LogP contribution in [0.25, 0.3) is 0 Å². The molecule has 0 spiro atoms. The van der Waals surface area contributed by atoms with Gasteiger partial charge in [0.2, 0.25) is 0 Å². The molecule has 0 aromatic carbocycles. The second kappa shape index (κ2) is 6.43. The zero-order chi connectivity index (χ0) is 16.5. The molecule has 0 amide bonds. The van der Waals surface area contributed by atoms with Gasteiger partial charge < -0.3 is 10.6 Å². The van der Waals surface area contributed by atoms with Crippen LogP contribution in [0.15, 0.2) is 24.7 Å². The molecule has 1 saturated heterocycles. The summed E-state index contributed by atoms with van der Waals surface area (Å²) in [5.41, 5.74) is 8.23. The lowest BCUT2D eigenvalue weighted by atomic mass is 9.78. The van der Waals surface area contributed by atoms with E-state index in [1.54, 1.807) is 6.33 Å². The third-order valence-corrected chi connectivity index (χ3v) is 5.30. The molecule has 2 aromatic heterocycles. The summed E-state index contributed by atoms with van der Waals surface area (Å²) < 4.78 is 0. The molecular formula is C18H24N6. The molecule has 2 N–H and O–H groups in total. The first kappa shape index (κ1) is 15.4. The van der Waals surface area contributed by atoms with E-state index in [0.29, 0.717) is 17.9 Å². The van der Waals surface area contributed by atoms with Crippen LogP contribution in [0.2, 0.25) is 0 Å². The van der Waals surface area contributed by atoms with Gasteiger partial charge in [0.15, 0.2) is 0 Å². The van der Waals surface area contributed by atoms with Crippen LogP contribution in [0, 0.1) is 6.92 Å². The van der Waals surface area contributed by atoms with Crippen molar-refractivity contribution >= 4 is 5.82 Å². The van der Waals surface area contributed by atoms with E-state index in [1.807, 2.05) is 13.1 Å². The Morgan fingerprint density at radius 2 is 1.83 bits per heavy atom. The lowest BCUT2D eigenvalue weighted by molar-refractivity contribution is 0.345. The largest absolute Gasteiger partial charge is 0.356 e. The summed E-state index contributed by atoms with van der Waals surface area (Å²) in [7, 11) is 0. The van der Waals surface area contributed by atoms with Gasteiger partial charge in [0, 0.05) is 54.6 Å². The second-order valence-electron chi connectivity index (χ2n) is 7.02. The fraction of sp³-hybridized carbons (Fsp3) is 0.556. The standard InChI is InChI=1S/C18H24N6/c1-12-20-5-2-16(23-12)13-3-6-24(7-4-13)18-10-17(21-11-22-18)14-8-15(19)9-14/h2,5,10-11,13-15H,3-4,6-9,19H2,1H3. The fourth-order valence-electron chi connectivity index (χ4n) is 3.77. The Labute approximate surface area is 142 Å². The van der Waals surface area contributed by atoms with E-state index < -0.39 is 0 Å². The zero-order valence-corrected chi connectivity index (χ0v) is 14.1. The number of piperidine rings is 1. The molecule has 2 fully saturated rings. The van der Waals surface area contributed by atoms with E-state index >= 15 is 0 Å². The van der Waals surface area contributed by atoms with Gasteiger partial charge >= 0.3 is 0 Å². The number of nitrogens with zero attached hydrogens (tertiary/aromatic N) is 5. The number of aromatic nitrogens is 4. The van der Waals surface area contributed by atoms with Crippen molar-refractivity contribution in [1.82, 2.24) is 19.9 Å². The predicted octanol–water partition coefficient (Wildman–Crippen LogP) is 2.16. The van der Waals surface area contributed by atoms with Crippen molar-refractivity contribution < 1.29 is 0 Å². The molecule has 6 nitrogen and oxygen atoms in total. The Hall–Kier alpha value is -2.08. The summed E-state index contributed by atoms with van der Waals surface area (Å²) in [6.07, 6.45) is 7.86. The molecule has 1 aliphatic heterocycles. The monoisotopic (exact) mass is 324 g/mol. The average molecular weight is 324 g/mol. The van der Waals surface area contributed by atoms with Gasteiger partial charge in [-0.05, 0) is 38.7 Å². The zero-order valence-electron chi connectivity index (χ0n) is 14.1. The average Bonchev–Trinajstić information content (AvgIpc) is 2.59. The van der Waals surface area contributed by atoms with E-state index in [2.05, 4.69) is 37.0 Å². The normalized spacial score (nSPS) is 24.7. The van der Waals surface area contributed by atoms with Crippen molar-refractivity contribution in [3.8, 4) is 0 Å².